The van der Waals surface area contributed by atoms with Gasteiger partial charge in [-0.2, -0.15) is 0 Å². The van der Waals surface area contributed by atoms with Crippen LogP contribution in [0.4, 0.5) is 0 Å². The first kappa shape index (κ1) is 28.7. The van der Waals surface area contributed by atoms with E-state index >= 15 is 0 Å². The van der Waals surface area contributed by atoms with E-state index in [4.69, 9.17) is 16.3 Å². The van der Waals surface area contributed by atoms with E-state index in [0.717, 1.165) is 45.4 Å². The van der Waals surface area contributed by atoms with E-state index in [-0.39, 0.29) is 12.0 Å². The molecule has 0 aromatic heterocycles. The quantitative estimate of drug-likeness (QED) is 0.270. The number of benzene rings is 3. The lowest BCUT2D eigenvalue weighted by atomic mass is 10.0. The lowest BCUT2D eigenvalue weighted by Gasteiger charge is -2.33. The molecule has 2 aliphatic heterocycles. The molecule has 0 bridgehead atoms. The Hall–Kier alpha value is -2.86. The smallest absolute Gasteiger partial charge is 0.251 e. The molecule has 3 aromatic rings. The summed E-state index contributed by atoms with van der Waals surface area (Å²) < 4.78 is 6.26. The minimum Gasteiger partial charge on any atom is -0.489 e. The van der Waals surface area contributed by atoms with Crippen molar-refractivity contribution in [3.63, 3.8) is 0 Å². The zero-order valence-corrected chi connectivity index (χ0v) is 24.4. The van der Waals surface area contributed by atoms with Crippen LogP contribution in [-0.4, -0.2) is 60.6 Å². The van der Waals surface area contributed by atoms with Crippen molar-refractivity contribution in [3.05, 3.63) is 88.9 Å². The van der Waals surface area contributed by atoms with Crippen LogP contribution in [0.2, 0.25) is 5.02 Å². The van der Waals surface area contributed by atoms with Gasteiger partial charge < -0.3 is 15.0 Å². The first-order chi connectivity index (χ1) is 19.5. The SMILES string of the molecule is CC1CCCCN1CCCNC(=O)c1ccc(OC2CCN(Cc3ccc(-c4ccccc4)cc3)CC2)c(Cl)c1. The summed E-state index contributed by atoms with van der Waals surface area (Å²) >= 11 is 6.54. The maximum Gasteiger partial charge on any atom is 0.251 e. The van der Waals surface area contributed by atoms with Gasteiger partial charge in [-0.05, 0) is 80.5 Å². The minimum atomic E-state index is -0.0785. The number of nitrogens with zero attached hydrogens (tertiary/aromatic N) is 2. The number of hydrogen-bond acceptors (Lipinski definition) is 4. The van der Waals surface area contributed by atoms with Crippen molar-refractivity contribution in [1.29, 1.82) is 0 Å². The van der Waals surface area contributed by atoms with Crippen molar-refractivity contribution in [2.75, 3.05) is 32.7 Å². The Kier molecular flexibility index (Phi) is 10.1. The molecule has 1 atom stereocenters. The minimum absolute atomic E-state index is 0.0785. The fourth-order valence-electron chi connectivity index (χ4n) is 5.87. The lowest BCUT2D eigenvalue weighted by molar-refractivity contribution is 0.0946. The Balaban J connectivity index is 1.03. The molecular formula is C34H42ClN3O2. The number of halogens is 1. The predicted molar refractivity (Wildman–Crippen MR) is 164 cm³/mol. The summed E-state index contributed by atoms with van der Waals surface area (Å²) in [6, 6.07) is 25.4. The highest BCUT2D eigenvalue weighted by molar-refractivity contribution is 6.32. The summed E-state index contributed by atoms with van der Waals surface area (Å²) in [6.07, 6.45) is 6.90. The molecule has 2 fully saturated rings. The summed E-state index contributed by atoms with van der Waals surface area (Å²) in [5.74, 6) is 0.581. The molecular weight excluding hydrogens is 518 g/mol. The van der Waals surface area contributed by atoms with Gasteiger partial charge in [0.15, 0.2) is 0 Å². The molecule has 6 heteroatoms. The van der Waals surface area contributed by atoms with E-state index in [2.05, 4.69) is 70.6 Å². The number of likely N-dealkylation sites (tertiary alicyclic amines) is 2. The Morgan fingerprint density at radius 3 is 2.40 bits per heavy atom. The third-order valence-corrected chi connectivity index (χ3v) is 8.63. The van der Waals surface area contributed by atoms with E-state index in [1.165, 1.54) is 42.5 Å². The highest BCUT2D eigenvalue weighted by Crippen LogP contribution is 2.29. The average Bonchev–Trinajstić information content (AvgIpc) is 2.99. The van der Waals surface area contributed by atoms with Gasteiger partial charge in [-0.3, -0.25) is 9.69 Å². The molecule has 1 amide bonds. The van der Waals surface area contributed by atoms with Gasteiger partial charge in [-0.25, -0.2) is 0 Å². The molecule has 0 spiro atoms. The van der Waals surface area contributed by atoms with Crippen LogP contribution in [0.25, 0.3) is 11.1 Å². The second-order valence-electron chi connectivity index (χ2n) is 11.3. The predicted octanol–water partition coefficient (Wildman–Crippen LogP) is 7.04. The highest BCUT2D eigenvalue weighted by atomic mass is 35.5. The van der Waals surface area contributed by atoms with E-state index in [0.29, 0.717) is 28.9 Å². The zero-order valence-electron chi connectivity index (χ0n) is 23.7. The number of hydrogen-bond donors (Lipinski definition) is 1. The standard InChI is InChI=1S/C34H42ClN3O2/c1-26-8-5-6-20-38(26)21-7-19-36-34(39)30-15-16-33(32(35)24-30)40-31-17-22-37(23-18-31)25-27-11-13-29(14-12-27)28-9-3-2-4-10-28/h2-4,9-16,24,26,31H,5-8,17-23,25H2,1H3,(H,36,39). The largest absolute Gasteiger partial charge is 0.489 e. The Labute approximate surface area is 244 Å². The van der Waals surface area contributed by atoms with Crippen LogP contribution in [0.15, 0.2) is 72.8 Å². The molecule has 0 aliphatic carbocycles. The Morgan fingerprint density at radius 1 is 0.925 bits per heavy atom. The third kappa shape index (κ3) is 7.87. The number of carbonyl (C=O) groups excluding carboxylic acids is 1. The molecule has 212 valence electrons. The second kappa shape index (κ2) is 14.2. The maximum absolute atomic E-state index is 12.7. The molecule has 1 N–H and O–H groups in total. The van der Waals surface area contributed by atoms with Gasteiger partial charge in [0.1, 0.15) is 11.9 Å². The van der Waals surface area contributed by atoms with Crippen molar-refractivity contribution in [1.82, 2.24) is 15.1 Å². The summed E-state index contributed by atoms with van der Waals surface area (Å²) in [7, 11) is 0. The number of piperidine rings is 2. The molecule has 0 radical (unpaired) electrons. The monoisotopic (exact) mass is 559 g/mol. The number of rotatable bonds is 10. The number of amides is 1. The van der Waals surface area contributed by atoms with Gasteiger partial charge in [-0.1, -0.05) is 72.6 Å². The summed E-state index contributed by atoms with van der Waals surface area (Å²) in [4.78, 5) is 17.7. The van der Waals surface area contributed by atoms with Crippen LogP contribution in [0.1, 0.15) is 61.4 Å². The van der Waals surface area contributed by atoms with E-state index in [9.17, 15) is 4.79 Å². The molecule has 1 unspecified atom stereocenters. The fourth-order valence-corrected chi connectivity index (χ4v) is 6.09. The lowest BCUT2D eigenvalue weighted by Crippen LogP contribution is -2.39. The van der Waals surface area contributed by atoms with Crippen molar-refractivity contribution < 1.29 is 9.53 Å². The van der Waals surface area contributed by atoms with Crippen LogP contribution in [-0.2, 0) is 6.54 Å². The molecule has 0 saturated carbocycles. The van der Waals surface area contributed by atoms with E-state index < -0.39 is 0 Å². The van der Waals surface area contributed by atoms with Crippen LogP contribution < -0.4 is 10.1 Å². The third-order valence-electron chi connectivity index (χ3n) is 8.34. The first-order valence-corrected chi connectivity index (χ1v) is 15.3. The van der Waals surface area contributed by atoms with E-state index in [1.54, 1.807) is 6.07 Å². The Bertz CT molecular complexity index is 1230. The van der Waals surface area contributed by atoms with Gasteiger partial charge in [-0.15, -0.1) is 0 Å². The van der Waals surface area contributed by atoms with Crippen LogP contribution in [0, 0.1) is 0 Å². The van der Waals surface area contributed by atoms with Gasteiger partial charge in [0.25, 0.3) is 5.91 Å². The average molecular weight is 560 g/mol. The molecule has 2 heterocycles. The molecule has 3 aromatic carbocycles. The molecule has 5 rings (SSSR count). The van der Waals surface area contributed by atoms with Crippen molar-refractivity contribution in [2.24, 2.45) is 0 Å². The van der Waals surface area contributed by atoms with Gasteiger partial charge in [0.05, 0.1) is 5.02 Å². The van der Waals surface area contributed by atoms with Crippen molar-refractivity contribution in [2.45, 2.75) is 64.1 Å². The number of ether oxygens (including phenoxy) is 1. The van der Waals surface area contributed by atoms with E-state index in [1.807, 2.05) is 18.2 Å². The molecule has 40 heavy (non-hydrogen) atoms. The number of nitrogens with one attached hydrogen (secondary N) is 1. The van der Waals surface area contributed by atoms with Crippen LogP contribution >= 0.6 is 11.6 Å². The zero-order chi connectivity index (χ0) is 27.7. The van der Waals surface area contributed by atoms with Gasteiger partial charge in [0, 0.05) is 44.3 Å². The first-order valence-electron chi connectivity index (χ1n) is 14.9. The van der Waals surface area contributed by atoms with Crippen LogP contribution in [0.5, 0.6) is 5.75 Å². The highest BCUT2D eigenvalue weighted by Gasteiger charge is 2.22. The Morgan fingerprint density at radius 2 is 1.68 bits per heavy atom. The summed E-state index contributed by atoms with van der Waals surface area (Å²) in [5, 5.41) is 3.54. The normalized spacial score (nSPS) is 18.9. The molecule has 2 aliphatic rings. The molecule has 2 saturated heterocycles. The number of carbonyl (C=O) groups is 1. The summed E-state index contributed by atoms with van der Waals surface area (Å²) in [5.41, 5.74) is 4.41. The second-order valence-corrected chi connectivity index (χ2v) is 11.7. The molecule has 5 nitrogen and oxygen atoms in total. The maximum atomic E-state index is 12.7. The topological polar surface area (TPSA) is 44.8 Å². The fraction of sp³-hybridized carbons (Fsp3) is 0.441. The van der Waals surface area contributed by atoms with Crippen LogP contribution in [0.3, 0.4) is 0 Å². The summed E-state index contributed by atoms with van der Waals surface area (Å²) in [6.45, 7) is 8.11. The van der Waals surface area contributed by atoms with Crippen molar-refractivity contribution >= 4 is 17.5 Å². The van der Waals surface area contributed by atoms with Gasteiger partial charge >= 0.3 is 0 Å². The van der Waals surface area contributed by atoms with Crippen molar-refractivity contribution in [3.8, 4) is 16.9 Å². The van der Waals surface area contributed by atoms with Gasteiger partial charge in [0.2, 0.25) is 0 Å².